The van der Waals surface area contributed by atoms with E-state index in [-0.39, 0.29) is 0 Å². The number of esters is 1. The fourth-order valence-electron chi connectivity index (χ4n) is 2.36. The zero-order valence-corrected chi connectivity index (χ0v) is 14.9. The molecule has 0 radical (unpaired) electrons. The topological polar surface area (TPSA) is 96.4 Å². The maximum atomic E-state index is 12.2. The number of nitrogens with one attached hydrogen (secondary N) is 2. The molecule has 0 aliphatic rings. The van der Waals surface area contributed by atoms with Crippen LogP contribution in [0.5, 0.6) is 0 Å². The molecule has 3 rings (SSSR count). The van der Waals surface area contributed by atoms with Crippen LogP contribution in [-0.2, 0) is 4.74 Å². The molecule has 0 aliphatic carbocycles. The van der Waals surface area contributed by atoms with E-state index in [4.69, 9.17) is 0 Å². The van der Waals surface area contributed by atoms with Crippen molar-refractivity contribution in [2.24, 2.45) is 5.10 Å². The predicted molar refractivity (Wildman–Crippen MR) is 102 cm³/mol. The largest absolute Gasteiger partial charge is 0.465 e. The fourth-order valence-corrected chi connectivity index (χ4v) is 2.36. The molecular formula is C20H18N4O3. The van der Waals surface area contributed by atoms with Crippen LogP contribution in [0.4, 0.5) is 0 Å². The predicted octanol–water partition coefficient (Wildman–Crippen LogP) is 2.94. The molecule has 27 heavy (non-hydrogen) atoms. The Kier molecular flexibility index (Phi) is 5.41. The number of aromatic amines is 1. The molecule has 1 amide bonds. The Morgan fingerprint density at radius 2 is 1.81 bits per heavy atom. The molecule has 2 aromatic carbocycles. The zero-order valence-electron chi connectivity index (χ0n) is 14.9. The monoisotopic (exact) mass is 362 g/mol. The van der Waals surface area contributed by atoms with Crippen molar-refractivity contribution >= 4 is 18.1 Å². The number of H-pyrrole nitrogens is 1. The molecule has 0 atom stereocenters. The molecule has 0 saturated heterocycles. The van der Waals surface area contributed by atoms with Crippen LogP contribution < -0.4 is 5.43 Å². The molecule has 7 heteroatoms. The average molecular weight is 362 g/mol. The van der Waals surface area contributed by atoms with E-state index in [0.29, 0.717) is 17.0 Å². The number of ether oxygens (including phenoxy) is 1. The fraction of sp³-hybridized carbons (Fsp3) is 0.100. The molecule has 0 saturated carbocycles. The third kappa shape index (κ3) is 4.46. The van der Waals surface area contributed by atoms with E-state index in [9.17, 15) is 9.59 Å². The number of nitrogens with zero attached hydrogens (tertiary/aromatic N) is 2. The second-order valence-electron chi connectivity index (χ2n) is 5.85. The minimum atomic E-state index is -0.407. The van der Waals surface area contributed by atoms with Crippen molar-refractivity contribution in [3.05, 3.63) is 77.0 Å². The number of benzene rings is 2. The number of hydrogen-bond acceptors (Lipinski definition) is 5. The Morgan fingerprint density at radius 1 is 1.11 bits per heavy atom. The Bertz CT molecular complexity index is 973. The van der Waals surface area contributed by atoms with Crippen molar-refractivity contribution < 1.29 is 14.3 Å². The van der Waals surface area contributed by atoms with Crippen molar-refractivity contribution in [3.63, 3.8) is 0 Å². The standard InChI is InChI=1S/C20H18N4O3/c1-13-3-7-15(8-4-13)17-11-18(23-22-17)19(25)24-21-12-14-5-9-16(10-6-14)20(26)27-2/h3-12H,1-2H3,(H,22,23)(H,24,25). The number of hydrogen-bond donors (Lipinski definition) is 2. The lowest BCUT2D eigenvalue weighted by molar-refractivity contribution is 0.0600. The van der Waals surface area contributed by atoms with Crippen molar-refractivity contribution in [2.45, 2.75) is 6.92 Å². The van der Waals surface area contributed by atoms with Gasteiger partial charge < -0.3 is 4.74 Å². The number of hydrazone groups is 1. The molecule has 0 unspecified atom stereocenters. The number of carbonyl (C=O) groups excluding carboxylic acids is 2. The Hall–Kier alpha value is -3.74. The smallest absolute Gasteiger partial charge is 0.337 e. The maximum absolute atomic E-state index is 12.2. The van der Waals surface area contributed by atoms with Crippen LogP contribution in [0.15, 0.2) is 59.7 Å². The molecule has 0 bridgehead atoms. The highest BCUT2D eigenvalue weighted by Gasteiger charge is 2.10. The van der Waals surface area contributed by atoms with Gasteiger partial charge in [0, 0.05) is 5.56 Å². The first-order valence-corrected chi connectivity index (χ1v) is 8.21. The summed E-state index contributed by atoms with van der Waals surface area (Å²) in [5, 5.41) is 10.8. The first-order chi connectivity index (χ1) is 13.1. The van der Waals surface area contributed by atoms with Gasteiger partial charge in [-0.25, -0.2) is 10.2 Å². The van der Waals surface area contributed by atoms with Crippen molar-refractivity contribution in [1.82, 2.24) is 15.6 Å². The van der Waals surface area contributed by atoms with Gasteiger partial charge in [0.1, 0.15) is 5.69 Å². The molecule has 136 valence electrons. The summed E-state index contributed by atoms with van der Waals surface area (Å²) in [7, 11) is 1.33. The summed E-state index contributed by atoms with van der Waals surface area (Å²) < 4.78 is 4.64. The SMILES string of the molecule is COC(=O)c1ccc(C=NNC(=O)c2cc(-c3ccc(C)cc3)n[nH]2)cc1. The van der Waals surface area contributed by atoms with Gasteiger partial charge in [-0.15, -0.1) is 0 Å². The number of carbonyl (C=O) groups is 2. The lowest BCUT2D eigenvalue weighted by Gasteiger charge is -1.99. The highest BCUT2D eigenvalue weighted by Crippen LogP contribution is 2.18. The number of rotatable bonds is 5. The third-order valence-electron chi connectivity index (χ3n) is 3.88. The van der Waals surface area contributed by atoms with Crippen LogP contribution in [0.1, 0.15) is 32.0 Å². The molecule has 0 aliphatic heterocycles. The van der Waals surface area contributed by atoms with Gasteiger partial charge in [0.2, 0.25) is 0 Å². The Labute approximate surface area is 156 Å². The molecule has 2 N–H and O–H groups in total. The van der Waals surface area contributed by atoms with Crippen molar-refractivity contribution in [3.8, 4) is 11.3 Å². The van der Waals surface area contributed by atoms with E-state index in [1.54, 1.807) is 30.3 Å². The van der Waals surface area contributed by atoms with Crippen LogP contribution in [0.2, 0.25) is 0 Å². The normalized spacial score (nSPS) is 10.7. The number of aromatic nitrogens is 2. The second kappa shape index (κ2) is 8.09. The third-order valence-corrected chi connectivity index (χ3v) is 3.88. The summed E-state index contributed by atoms with van der Waals surface area (Å²) in [6.45, 7) is 2.01. The van der Waals surface area contributed by atoms with Crippen LogP contribution >= 0.6 is 0 Å². The average Bonchev–Trinajstić information content (AvgIpc) is 3.19. The lowest BCUT2D eigenvalue weighted by Crippen LogP contribution is -2.18. The summed E-state index contributed by atoms with van der Waals surface area (Å²) >= 11 is 0. The van der Waals surface area contributed by atoms with E-state index in [2.05, 4.69) is 25.5 Å². The second-order valence-corrected chi connectivity index (χ2v) is 5.85. The van der Waals surface area contributed by atoms with E-state index in [1.165, 1.54) is 13.3 Å². The Morgan fingerprint density at radius 3 is 2.48 bits per heavy atom. The lowest BCUT2D eigenvalue weighted by atomic mass is 10.1. The van der Waals surface area contributed by atoms with Gasteiger partial charge in [-0.3, -0.25) is 9.89 Å². The molecule has 1 aromatic heterocycles. The van der Waals surface area contributed by atoms with Gasteiger partial charge >= 0.3 is 5.97 Å². The summed E-state index contributed by atoms with van der Waals surface area (Å²) in [6, 6.07) is 16.2. The van der Waals surface area contributed by atoms with E-state index in [1.807, 2.05) is 31.2 Å². The van der Waals surface area contributed by atoms with Gasteiger partial charge in [-0.1, -0.05) is 42.0 Å². The van der Waals surface area contributed by atoms with Crippen LogP contribution in [-0.4, -0.2) is 35.4 Å². The van der Waals surface area contributed by atoms with Gasteiger partial charge in [0.25, 0.3) is 5.91 Å². The number of methoxy groups -OCH3 is 1. The van der Waals surface area contributed by atoms with Crippen LogP contribution in [0.3, 0.4) is 0 Å². The van der Waals surface area contributed by atoms with Gasteiger partial charge in [0.15, 0.2) is 0 Å². The first kappa shape index (κ1) is 18.1. The highest BCUT2D eigenvalue weighted by atomic mass is 16.5. The quantitative estimate of drug-likeness (QED) is 0.414. The summed E-state index contributed by atoms with van der Waals surface area (Å²) in [4.78, 5) is 23.5. The number of aryl methyl sites for hydroxylation is 1. The van der Waals surface area contributed by atoms with E-state index < -0.39 is 11.9 Å². The zero-order chi connectivity index (χ0) is 19.2. The molecule has 1 heterocycles. The van der Waals surface area contributed by atoms with Crippen LogP contribution in [0, 0.1) is 6.92 Å². The maximum Gasteiger partial charge on any atom is 0.337 e. The Balaban J connectivity index is 1.61. The molecule has 0 fully saturated rings. The molecule has 3 aromatic rings. The summed E-state index contributed by atoms with van der Waals surface area (Å²) in [5.74, 6) is -0.807. The van der Waals surface area contributed by atoms with Crippen molar-refractivity contribution in [1.29, 1.82) is 0 Å². The highest BCUT2D eigenvalue weighted by molar-refractivity contribution is 5.94. The van der Waals surface area contributed by atoms with E-state index in [0.717, 1.165) is 16.7 Å². The van der Waals surface area contributed by atoms with Gasteiger partial charge in [-0.2, -0.15) is 10.2 Å². The number of amides is 1. The van der Waals surface area contributed by atoms with Crippen molar-refractivity contribution in [2.75, 3.05) is 7.11 Å². The summed E-state index contributed by atoms with van der Waals surface area (Å²) in [5.41, 5.74) is 6.68. The van der Waals surface area contributed by atoms with E-state index >= 15 is 0 Å². The first-order valence-electron chi connectivity index (χ1n) is 8.21. The van der Waals surface area contributed by atoms with Gasteiger partial charge in [0.05, 0.1) is 24.6 Å². The summed E-state index contributed by atoms with van der Waals surface area (Å²) in [6.07, 6.45) is 1.48. The van der Waals surface area contributed by atoms with Crippen LogP contribution in [0.25, 0.3) is 11.3 Å². The molecule has 7 nitrogen and oxygen atoms in total. The minimum absolute atomic E-state index is 0.309. The minimum Gasteiger partial charge on any atom is -0.465 e. The molecular weight excluding hydrogens is 344 g/mol. The molecule has 0 spiro atoms. The van der Waals surface area contributed by atoms with Gasteiger partial charge in [-0.05, 0) is 30.7 Å².